The number of anilines is 2. The monoisotopic (exact) mass is 369 g/mol. The third-order valence-electron chi connectivity index (χ3n) is 2.86. The number of hydrogen-bond acceptors (Lipinski definition) is 6. The van der Waals surface area contributed by atoms with Crippen molar-refractivity contribution in [3.63, 3.8) is 0 Å². The van der Waals surface area contributed by atoms with Crippen molar-refractivity contribution in [3.8, 4) is 0 Å². The Morgan fingerprint density at radius 2 is 1.54 bits per heavy atom. The Kier molecular flexibility index (Phi) is 4.81. The molecule has 24 heavy (non-hydrogen) atoms. The number of hydrogen-bond donors (Lipinski definition) is 3. The standard InChI is InChI=1S/C14H15N3O5S2/c1-10(18)16-23(19,20)13-7-5-12(6-8-13)17-24(21,22)14-4-2-3-11(15)9-14/h2-9,17H,15H2,1H3,(H,16,18). The lowest BCUT2D eigenvalue weighted by Gasteiger charge is -2.10. The molecule has 2 rings (SSSR count). The van der Waals surface area contributed by atoms with E-state index in [1.807, 2.05) is 4.72 Å². The van der Waals surface area contributed by atoms with E-state index < -0.39 is 26.0 Å². The lowest BCUT2D eigenvalue weighted by molar-refractivity contribution is -0.117. The fraction of sp³-hybridized carbons (Fsp3) is 0.0714. The molecule has 128 valence electrons. The molecule has 0 saturated heterocycles. The van der Waals surface area contributed by atoms with E-state index in [0.29, 0.717) is 5.69 Å². The van der Waals surface area contributed by atoms with Crippen LogP contribution in [-0.4, -0.2) is 22.7 Å². The smallest absolute Gasteiger partial charge is 0.264 e. The van der Waals surface area contributed by atoms with E-state index in [2.05, 4.69) is 4.72 Å². The SMILES string of the molecule is CC(=O)NS(=O)(=O)c1ccc(NS(=O)(=O)c2cccc(N)c2)cc1. The van der Waals surface area contributed by atoms with Gasteiger partial charge in [-0.05, 0) is 42.5 Å². The van der Waals surface area contributed by atoms with E-state index in [-0.39, 0.29) is 15.5 Å². The van der Waals surface area contributed by atoms with Crippen molar-refractivity contribution in [2.45, 2.75) is 16.7 Å². The Balaban J connectivity index is 2.25. The number of sulfonamides is 2. The highest BCUT2D eigenvalue weighted by Crippen LogP contribution is 2.19. The van der Waals surface area contributed by atoms with Crippen LogP contribution in [0.5, 0.6) is 0 Å². The van der Waals surface area contributed by atoms with Gasteiger partial charge in [0.25, 0.3) is 20.0 Å². The number of nitrogen functional groups attached to an aromatic ring is 1. The maximum Gasteiger partial charge on any atom is 0.264 e. The molecule has 0 saturated carbocycles. The Morgan fingerprint density at radius 1 is 0.917 bits per heavy atom. The lowest BCUT2D eigenvalue weighted by atomic mass is 10.3. The summed E-state index contributed by atoms with van der Waals surface area (Å²) in [6.07, 6.45) is 0. The molecule has 0 fully saturated rings. The molecule has 0 aliphatic heterocycles. The first-order chi connectivity index (χ1) is 11.1. The minimum absolute atomic E-state index is 0.0163. The van der Waals surface area contributed by atoms with Gasteiger partial charge in [0, 0.05) is 18.3 Å². The summed E-state index contributed by atoms with van der Waals surface area (Å²) in [5.74, 6) is -0.721. The number of nitrogens with one attached hydrogen (secondary N) is 2. The second-order valence-corrected chi connectivity index (χ2v) is 8.23. The fourth-order valence-corrected chi connectivity index (χ4v) is 3.95. The van der Waals surface area contributed by atoms with E-state index in [4.69, 9.17) is 5.73 Å². The number of amides is 1. The van der Waals surface area contributed by atoms with Gasteiger partial charge in [-0.3, -0.25) is 9.52 Å². The van der Waals surface area contributed by atoms with E-state index in [9.17, 15) is 21.6 Å². The minimum Gasteiger partial charge on any atom is -0.399 e. The van der Waals surface area contributed by atoms with Gasteiger partial charge in [0.05, 0.1) is 9.79 Å². The maximum atomic E-state index is 12.2. The average Bonchev–Trinajstić information content (AvgIpc) is 2.46. The highest BCUT2D eigenvalue weighted by atomic mass is 32.2. The molecule has 0 bridgehead atoms. The Morgan fingerprint density at radius 3 is 2.08 bits per heavy atom. The van der Waals surface area contributed by atoms with Crippen LogP contribution in [-0.2, 0) is 24.8 Å². The molecule has 2 aromatic rings. The van der Waals surface area contributed by atoms with Crippen molar-refractivity contribution in [1.82, 2.24) is 4.72 Å². The molecule has 0 radical (unpaired) electrons. The van der Waals surface area contributed by atoms with Crippen LogP contribution in [0.15, 0.2) is 58.3 Å². The third kappa shape index (κ3) is 4.24. The summed E-state index contributed by atoms with van der Waals surface area (Å²) in [5.41, 5.74) is 6.03. The first-order valence-corrected chi connectivity index (χ1v) is 9.59. The maximum absolute atomic E-state index is 12.2. The largest absolute Gasteiger partial charge is 0.399 e. The molecule has 0 atom stereocenters. The summed E-state index contributed by atoms with van der Waals surface area (Å²) >= 11 is 0. The van der Waals surface area contributed by atoms with Gasteiger partial charge in [0.15, 0.2) is 0 Å². The van der Waals surface area contributed by atoms with Crippen LogP contribution in [0.3, 0.4) is 0 Å². The van der Waals surface area contributed by atoms with Gasteiger partial charge >= 0.3 is 0 Å². The molecular formula is C14H15N3O5S2. The third-order valence-corrected chi connectivity index (χ3v) is 5.69. The van der Waals surface area contributed by atoms with Gasteiger partial charge in [-0.25, -0.2) is 21.6 Å². The lowest BCUT2D eigenvalue weighted by Crippen LogP contribution is -2.28. The van der Waals surface area contributed by atoms with Crippen LogP contribution < -0.4 is 15.2 Å². The molecule has 0 unspecified atom stereocenters. The van der Waals surface area contributed by atoms with Gasteiger partial charge in [0.2, 0.25) is 5.91 Å². The summed E-state index contributed by atoms with van der Waals surface area (Å²) in [6.45, 7) is 1.08. The van der Waals surface area contributed by atoms with E-state index in [0.717, 1.165) is 6.92 Å². The van der Waals surface area contributed by atoms with Gasteiger partial charge in [0.1, 0.15) is 0 Å². The zero-order chi connectivity index (χ0) is 18.0. The van der Waals surface area contributed by atoms with Crippen molar-refractivity contribution in [1.29, 1.82) is 0 Å². The first-order valence-electron chi connectivity index (χ1n) is 6.62. The van der Waals surface area contributed by atoms with Crippen molar-refractivity contribution >= 4 is 37.3 Å². The number of carbonyl (C=O) groups is 1. The number of rotatable bonds is 5. The minimum atomic E-state index is -3.97. The van der Waals surface area contributed by atoms with Crippen LogP contribution in [0.4, 0.5) is 11.4 Å². The molecule has 0 heterocycles. The number of nitrogens with two attached hydrogens (primary N) is 1. The molecule has 4 N–H and O–H groups in total. The Hall–Kier alpha value is -2.59. The van der Waals surface area contributed by atoms with Crippen molar-refractivity contribution in [2.75, 3.05) is 10.5 Å². The van der Waals surface area contributed by atoms with Crippen molar-refractivity contribution in [2.24, 2.45) is 0 Å². The molecule has 0 aromatic heterocycles. The average molecular weight is 369 g/mol. The quantitative estimate of drug-likeness (QED) is 0.670. The molecule has 0 aliphatic rings. The molecule has 8 nitrogen and oxygen atoms in total. The molecule has 0 spiro atoms. The number of benzene rings is 2. The highest BCUT2D eigenvalue weighted by molar-refractivity contribution is 7.92. The zero-order valence-corrected chi connectivity index (χ0v) is 14.2. The second kappa shape index (κ2) is 6.49. The predicted molar refractivity (Wildman–Crippen MR) is 89.1 cm³/mol. The summed E-state index contributed by atoms with van der Waals surface area (Å²) < 4.78 is 52.2. The summed E-state index contributed by atoms with van der Waals surface area (Å²) in [7, 11) is -7.82. The first kappa shape index (κ1) is 17.8. The van der Waals surface area contributed by atoms with E-state index in [1.165, 1.54) is 42.5 Å². The topological polar surface area (TPSA) is 135 Å². The summed E-state index contributed by atoms with van der Waals surface area (Å²) in [5, 5.41) is 0. The molecule has 1 amide bonds. The van der Waals surface area contributed by atoms with Crippen LogP contribution in [0.25, 0.3) is 0 Å². The van der Waals surface area contributed by atoms with Crippen LogP contribution in [0.2, 0.25) is 0 Å². The zero-order valence-electron chi connectivity index (χ0n) is 12.6. The van der Waals surface area contributed by atoms with Gasteiger partial charge < -0.3 is 5.73 Å². The van der Waals surface area contributed by atoms with Crippen LogP contribution in [0, 0.1) is 0 Å². The van der Waals surface area contributed by atoms with E-state index >= 15 is 0 Å². The summed E-state index contributed by atoms with van der Waals surface area (Å²) in [6, 6.07) is 10.7. The van der Waals surface area contributed by atoms with Crippen LogP contribution in [0.1, 0.15) is 6.92 Å². The van der Waals surface area contributed by atoms with Crippen molar-refractivity contribution in [3.05, 3.63) is 48.5 Å². The van der Waals surface area contributed by atoms with Gasteiger partial charge in [-0.1, -0.05) is 6.07 Å². The Bertz CT molecular complexity index is 968. The fourth-order valence-electron chi connectivity index (χ4n) is 1.85. The highest BCUT2D eigenvalue weighted by Gasteiger charge is 2.17. The number of carbonyl (C=O) groups excluding carboxylic acids is 1. The Labute approximate surface area is 139 Å². The molecular weight excluding hydrogens is 354 g/mol. The molecule has 0 aliphatic carbocycles. The normalized spacial score (nSPS) is 11.7. The molecule has 2 aromatic carbocycles. The summed E-state index contributed by atoms with van der Waals surface area (Å²) in [4.78, 5) is 10.7. The van der Waals surface area contributed by atoms with E-state index in [1.54, 1.807) is 6.07 Å². The second-order valence-electron chi connectivity index (χ2n) is 4.86. The van der Waals surface area contributed by atoms with Crippen molar-refractivity contribution < 1.29 is 21.6 Å². The van der Waals surface area contributed by atoms with Gasteiger partial charge in [-0.15, -0.1) is 0 Å². The van der Waals surface area contributed by atoms with Gasteiger partial charge in [-0.2, -0.15) is 0 Å². The van der Waals surface area contributed by atoms with Crippen LogP contribution >= 0.6 is 0 Å². The molecule has 10 heteroatoms. The predicted octanol–water partition coefficient (Wildman–Crippen LogP) is 0.894.